The van der Waals surface area contributed by atoms with E-state index in [1.165, 1.54) is 18.6 Å². The highest BCUT2D eigenvalue weighted by molar-refractivity contribution is 14.0. The Hall–Kier alpha value is -1.09. The topological polar surface area (TPSA) is 54.9 Å². The fraction of sp³-hybridized carbons (Fsp3) is 0.562. The fourth-order valence-corrected chi connectivity index (χ4v) is 2.56. The van der Waals surface area contributed by atoms with Crippen LogP contribution >= 0.6 is 24.0 Å². The van der Waals surface area contributed by atoms with Crippen molar-refractivity contribution >= 4 is 29.9 Å². The van der Waals surface area contributed by atoms with Gasteiger partial charge in [0.15, 0.2) is 12.8 Å². The zero-order chi connectivity index (χ0) is 15.5. The molecule has 1 aromatic rings. The third-order valence-corrected chi connectivity index (χ3v) is 3.94. The van der Waals surface area contributed by atoms with Crippen molar-refractivity contribution in [2.45, 2.75) is 39.5 Å². The zero-order valence-corrected chi connectivity index (χ0v) is 15.7. The number of hydrogen-bond donors (Lipinski definition) is 2. The molecular formula is C16H23FIN3O2. The van der Waals surface area contributed by atoms with Gasteiger partial charge in [0.25, 0.3) is 0 Å². The van der Waals surface area contributed by atoms with Crippen LogP contribution in [0.1, 0.15) is 31.4 Å². The van der Waals surface area contributed by atoms with Gasteiger partial charge in [0, 0.05) is 23.7 Å². The smallest absolute Gasteiger partial charge is 0.191 e. The van der Waals surface area contributed by atoms with Crippen molar-refractivity contribution < 1.29 is 13.9 Å². The summed E-state index contributed by atoms with van der Waals surface area (Å²) in [6, 6.07) is 3.43. The molecule has 23 heavy (non-hydrogen) atoms. The number of rotatable bonds is 4. The minimum Gasteiger partial charge on any atom is -0.467 e. The minimum absolute atomic E-state index is 0. The van der Waals surface area contributed by atoms with Crippen molar-refractivity contribution in [3.05, 3.63) is 29.1 Å². The van der Waals surface area contributed by atoms with Crippen molar-refractivity contribution in [2.24, 2.45) is 10.9 Å². The van der Waals surface area contributed by atoms with Gasteiger partial charge >= 0.3 is 0 Å². The Kier molecular flexibility index (Phi) is 6.46. The number of hydrogen-bond acceptors (Lipinski definition) is 3. The van der Waals surface area contributed by atoms with Crippen molar-refractivity contribution in [1.82, 2.24) is 10.6 Å². The lowest BCUT2D eigenvalue weighted by Gasteiger charge is -2.20. The predicted octanol–water partition coefficient (Wildman–Crippen LogP) is 2.77. The Morgan fingerprint density at radius 3 is 2.91 bits per heavy atom. The Labute approximate surface area is 153 Å². The summed E-state index contributed by atoms with van der Waals surface area (Å²) in [5, 5.41) is 6.61. The molecule has 1 aliphatic carbocycles. The number of nitrogens with one attached hydrogen (secondary N) is 2. The molecule has 1 heterocycles. The highest BCUT2D eigenvalue weighted by atomic mass is 127. The number of nitrogens with zero attached hydrogens (tertiary/aromatic N) is 1. The molecule has 1 aromatic carbocycles. The van der Waals surface area contributed by atoms with E-state index in [-0.39, 0.29) is 36.6 Å². The Bertz CT molecular complexity index is 583. The predicted molar refractivity (Wildman–Crippen MR) is 97.6 cm³/mol. The molecule has 0 radical (unpaired) electrons. The molecular weight excluding hydrogens is 412 g/mol. The van der Waals surface area contributed by atoms with E-state index in [1.807, 2.05) is 6.92 Å². The molecule has 2 unspecified atom stereocenters. The van der Waals surface area contributed by atoms with Gasteiger partial charge in [-0.1, -0.05) is 6.92 Å². The van der Waals surface area contributed by atoms with Crippen LogP contribution in [0.2, 0.25) is 0 Å². The van der Waals surface area contributed by atoms with Gasteiger partial charge < -0.3 is 20.1 Å². The number of ether oxygens (including phenoxy) is 2. The molecule has 2 N–H and O–H groups in total. The van der Waals surface area contributed by atoms with Crippen LogP contribution in [-0.2, 0) is 17.9 Å². The molecule has 0 amide bonds. The van der Waals surface area contributed by atoms with Crippen LogP contribution in [0.5, 0.6) is 5.75 Å². The van der Waals surface area contributed by atoms with Crippen LogP contribution in [-0.4, -0.2) is 25.3 Å². The third kappa shape index (κ3) is 4.69. The van der Waals surface area contributed by atoms with Crippen LogP contribution in [0.4, 0.5) is 4.39 Å². The quantitative estimate of drug-likeness (QED) is 0.434. The third-order valence-electron chi connectivity index (χ3n) is 3.94. The summed E-state index contributed by atoms with van der Waals surface area (Å²) in [4.78, 5) is 4.55. The second kappa shape index (κ2) is 8.14. The minimum atomic E-state index is -0.285. The van der Waals surface area contributed by atoms with E-state index in [4.69, 9.17) is 9.47 Å². The van der Waals surface area contributed by atoms with Crippen molar-refractivity contribution in [1.29, 1.82) is 0 Å². The highest BCUT2D eigenvalue weighted by Crippen LogP contribution is 2.30. The highest BCUT2D eigenvalue weighted by Gasteiger charge is 2.33. The summed E-state index contributed by atoms with van der Waals surface area (Å²) in [5.74, 6) is 1.87. The van der Waals surface area contributed by atoms with Crippen molar-refractivity contribution in [2.75, 3.05) is 13.3 Å². The second-order valence-electron chi connectivity index (χ2n) is 5.82. The van der Waals surface area contributed by atoms with E-state index in [1.54, 1.807) is 0 Å². The number of fused-ring (bicyclic) bond motifs is 1. The monoisotopic (exact) mass is 435 g/mol. The number of halogens is 2. The number of aliphatic imine (C=N–C) groups is 1. The van der Waals surface area contributed by atoms with Gasteiger partial charge in [0.2, 0.25) is 0 Å². The maximum Gasteiger partial charge on any atom is 0.191 e. The maximum absolute atomic E-state index is 13.7. The van der Waals surface area contributed by atoms with E-state index >= 15 is 0 Å². The Morgan fingerprint density at radius 1 is 1.43 bits per heavy atom. The molecule has 0 saturated heterocycles. The summed E-state index contributed by atoms with van der Waals surface area (Å²) in [6.07, 6.45) is 1.17. The van der Waals surface area contributed by atoms with Crippen LogP contribution in [0.15, 0.2) is 17.1 Å². The van der Waals surface area contributed by atoms with Crippen LogP contribution in [0.25, 0.3) is 0 Å². The number of guanidine groups is 1. The molecule has 0 spiro atoms. The number of benzene rings is 1. The maximum atomic E-state index is 13.7. The average Bonchev–Trinajstić information content (AvgIpc) is 3.19. The first-order valence-corrected chi connectivity index (χ1v) is 7.74. The summed E-state index contributed by atoms with van der Waals surface area (Å²) in [7, 11) is 0. The Balaban J connectivity index is 0.00000192. The van der Waals surface area contributed by atoms with Crippen LogP contribution < -0.4 is 15.4 Å². The molecule has 5 nitrogen and oxygen atoms in total. The molecule has 7 heteroatoms. The Morgan fingerprint density at radius 2 is 2.22 bits per heavy atom. The molecule has 3 rings (SSSR count). The SMILES string of the molecule is CCNC(=NCc1cc(F)cc2c1OCOC2)NC1CC1C.I. The normalized spacial score (nSPS) is 22.5. The van der Waals surface area contributed by atoms with Gasteiger partial charge in [-0.25, -0.2) is 9.38 Å². The van der Waals surface area contributed by atoms with E-state index < -0.39 is 0 Å². The molecule has 0 bridgehead atoms. The summed E-state index contributed by atoms with van der Waals surface area (Å²) in [5.41, 5.74) is 1.49. The van der Waals surface area contributed by atoms with Gasteiger partial charge in [-0.05, 0) is 31.4 Å². The standard InChI is InChI=1S/C16H22FN3O2.HI/c1-3-18-16(20-14-4-10(14)2)19-7-11-5-13(17)6-12-8-21-9-22-15(11)12;/h5-6,10,14H,3-4,7-9H2,1-2H3,(H2,18,19,20);1H. The van der Waals surface area contributed by atoms with E-state index in [9.17, 15) is 4.39 Å². The molecule has 1 aliphatic heterocycles. The molecule has 0 aromatic heterocycles. The van der Waals surface area contributed by atoms with E-state index in [2.05, 4.69) is 22.5 Å². The first kappa shape index (κ1) is 18.3. The summed E-state index contributed by atoms with van der Waals surface area (Å²) in [6.45, 7) is 5.97. The summed E-state index contributed by atoms with van der Waals surface area (Å²) < 4.78 is 24.4. The van der Waals surface area contributed by atoms with E-state index in [0.717, 1.165) is 23.6 Å². The van der Waals surface area contributed by atoms with Gasteiger partial charge in [-0.2, -0.15) is 0 Å². The first-order chi connectivity index (χ1) is 10.7. The van der Waals surface area contributed by atoms with Crippen LogP contribution in [0, 0.1) is 11.7 Å². The van der Waals surface area contributed by atoms with Crippen LogP contribution in [0.3, 0.4) is 0 Å². The molecule has 1 fully saturated rings. The van der Waals surface area contributed by atoms with Gasteiger partial charge in [-0.15, -0.1) is 24.0 Å². The first-order valence-electron chi connectivity index (χ1n) is 7.74. The fourth-order valence-electron chi connectivity index (χ4n) is 2.56. The molecule has 2 aliphatic rings. The lowest BCUT2D eigenvalue weighted by Crippen LogP contribution is -2.39. The lowest BCUT2D eigenvalue weighted by molar-refractivity contribution is -0.0172. The largest absolute Gasteiger partial charge is 0.467 e. The van der Waals surface area contributed by atoms with Gasteiger partial charge in [-0.3, -0.25) is 0 Å². The second-order valence-corrected chi connectivity index (χ2v) is 5.82. The van der Waals surface area contributed by atoms with E-state index in [0.29, 0.717) is 30.9 Å². The lowest BCUT2D eigenvalue weighted by atomic mass is 10.1. The van der Waals surface area contributed by atoms with Crippen molar-refractivity contribution in [3.8, 4) is 5.75 Å². The average molecular weight is 435 g/mol. The summed E-state index contributed by atoms with van der Waals surface area (Å²) >= 11 is 0. The van der Waals surface area contributed by atoms with Gasteiger partial charge in [0.05, 0.1) is 13.2 Å². The zero-order valence-electron chi connectivity index (χ0n) is 13.4. The molecule has 1 saturated carbocycles. The van der Waals surface area contributed by atoms with Crippen molar-refractivity contribution in [3.63, 3.8) is 0 Å². The molecule has 128 valence electrons. The van der Waals surface area contributed by atoms with Gasteiger partial charge in [0.1, 0.15) is 11.6 Å². The molecule has 2 atom stereocenters.